The van der Waals surface area contributed by atoms with Gasteiger partial charge in [-0.3, -0.25) is 0 Å². The molecule has 4 nitrogen and oxygen atoms in total. The lowest BCUT2D eigenvalue weighted by molar-refractivity contribution is 0.473. The molecule has 0 bridgehead atoms. The van der Waals surface area contributed by atoms with Gasteiger partial charge in [-0.2, -0.15) is 0 Å². The second-order valence-corrected chi connectivity index (χ2v) is 6.09. The Labute approximate surface area is 116 Å². The fourth-order valence-corrected chi connectivity index (χ4v) is 2.80. The summed E-state index contributed by atoms with van der Waals surface area (Å²) in [6.45, 7) is 0.0949. The Morgan fingerprint density at radius 3 is 2.53 bits per heavy atom. The smallest absolute Gasteiger partial charge is 0.241 e. The van der Waals surface area contributed by atoms with Gasteiger partial charge in [-0.05, 0) is 29.8 Å². The highest BCUT2D eigenvalue weighted by Gasteiger charge is 2.14. The van der Waals surface area contributed by atoms with Crippen LogP contribution in [0.1, 0.15) is 5.56 Å². The molecule has 2 aromatic rings. The van der Waals surface area contributed by atoms with Gasteiger partial charge in [0, 0.05) is 11.6 Å². The summed E-state index contributed by atoms with van der Waals surface area (Å²) < 4.78 is 26.4. The van der Waals surface area contributed by atoms with Crippen LogP contribution in [0.3, 0.4) is 0 Å². The van der Waals surface area contributed by atoms with E-state index in [0.29, 0.717) is 10.6 Å². The minimum atomic E-state index is -3.67. The maximum absolute atomic E-state index is 12.0. The van der Waals surface area contributed by atoms with Gasteiger partial charge in [0.2, 0.25) is 10.0 Å². The predicted molar refractivity (Wildman–Crippen MR) is 73.6 cm³/mol. The standard InChI is InChI=1S/C13H12ClNO3S/c14-13-7-2-1-4-10(13)9-15-19(17,18)12-6-3-5-11(16)8-12/h1-8,15-16H,9H2. The number of sulfonamides is 1. The summed E-state index contributed by atoms with van der Waals surface area (Å²) in [4.78, 5) is 0.0135. The third kappa shape index (κ3) is 3.47. The van der Waals surface area contributed by atoms with Crippen molar-refractivity contribution in [1.82, 2.24) is 4.72 Å². The summed E-state index contributed by atoms with van der Waals surface area (Å²) in [6, 6.07) is 12.5. The number of rotatable bonds is 4. The number of benzene rings is 2. The van der Waals surface area contributed by atoms with Crippen LogP contribution in [0.15, 0.2) is 53.4 Å². The van der Waals surface area contributed by atoms with E-state index in [1.165, 1.54) is 24.3 Å². The molecule has 0 saturated heterocycles. The lowest BCUT2D eigenvalue weighted by Gasteiger charge is -2.08. The second kappa shape index (κ2) is 5.61. The Morgan fingerprint density at radius 2 is 1.84 bits per heavy atom. The number of nitrogens with one attached hydrogen (secondary N) is 1. The van der Waals surface area contributed by atoms with Gasteiger partial charge >= 0.3 is 0 Å². The molecule has 0 aliphatic heterocycles. The van der Waals surface area contributed by atoms with Crippen molar-refractivity contribution in [2.75, 3.05) is 0 Å². The van der Waals surface area contributed by atoms with Crippen molar-refractivity contribution in [3.05, 3.63) is 59.1 Å². The zero-order valence-electron chi connectivity index (χ0n) is 9.88. The molecule has 0 spiro atoms. The van der Waals surface area contributed by atoms with Gasteiger partial charge in [0.25, 0.3) is 0 Å². The molecule has 2 rings (SSSR count). The van der Waals surface area contributed by atoms with Crippen molar-refractivity contribution in [3.63, 3.8) is 0 Å². The van der Waals surface area contributed by atoms with Crippen LogP contribution in [0, 0.1) is 0 Å². The molecule has 0 amide bonds. The van der Waals surface area contributed by atoms with Crippen LogP contribution in [0.4, 0.5) is 0 Å². The highest BCUT2D eigenvalue weighted by Crippen LogP contribution is 2.18. The largest absolute Gasteiger partial charge is 0.508 e. The molecular formula is C13H12ClNO3S. The number of hydrogen-bond donors (Lipinski definition) is 2. The first kappa shape index (κ1) is 13.9. The average molecular weight is 298 g/mol. The molecule has 2 aromatic carbocycles. The van der Waals surface area contributed by atoms with Crippen molar-refractivity contribution in [3.8, 4) is 5.75 Å². The Kier molecular flexibility index (Phi) is 4.09. The second-order valence-electron chi connectivity index (χ2n) is 3.91. The topological polar surface area (TPSA) is 66.4 Å². The lowest BCUT2D eigenvalue weighted by atomic mass is 10.2. The maximum Gasteiger partial charge on any atom is 0.241 e. The predicted octanol–water partition coefficient (Wildman–Crippen LogP) is 2.52. The van der Waals surface area contributed by atoms with E-state index in [9.17, 15) is 13.5 Å². The van der Waals surface area contributed by atoms with Crippen molar-refractivity contribution >= 4 is 21.6 Å². The third-order valence-electron chi connectivity index (χ3n) is 2.54. The van der Waals surface area contributed by atoms with Gasteiger partial charge in [0.1, 0.15) is 5.75 Å². The molecule has 19 heavy (non-hydrogen) atoms. The quantitative estimate of drug-likeness (QED) is 0.911. The van der Waals surface area contributed by atoms with Crippen LogP contribution in [-0.4, -0.2) is 13.5 Å². The molecule has 0 fully saturated rings. The third-order valence-corrected chi connectivity index (χ3v) is 4.31. The van der Waals surface area contributed by atoms with E-state index in [0.717, 1.165) is 0 Å². The van der Waals surface area contributed by atoms with Gasteiger partial charge in [-0.1, -0.05) is 35.9 Å². The fraction of sp³-hybridized carbons (Fsp3) is 0.0769. The van der Waals surface area contributed by atoms with E-state index in [-0.39, 0.29) is 17.2 Å². The number of aromatic hydroxyl groups is 1. The first-order valence-corrected chi connectivity index (χ1v) is 7.37. The Morgan fingerprint density at radius 1 is 1.11 bits per heavy atom. The molecule has 0 aliphatic carbocycles. The van der Waals surface area contributed by atoms with E-state index in [1.54, 1.807) is 24.3 Å². The first-order chi connectivity index (χ1) is 8.99. The van der Waals surface area contributed by atoms with Gasteiger partial charge < -0.3 is 5.11 Å². The molecule has 0 atom stereocenters. The average Bonchev–Trinajstić information content (AvgIpc) is 2.38. The molecule has 6 heteroatoms. The summed E-state index contributed by atoms with van der Waals surface area (Å²) >= 11 is 5.95. The summed E-state index contributed by atoms with van der Waals surface area (Å²) in [5.41, 5.74) is 0.688. The van der Waals surface area contributed by atoms with E-state index in [1.807, 2.05) is 0 Å². The monoisotopic (exact) mass is 297 g/mol. The van der Waals surface area contributed by atoms with Crippen LogP contribution < -0.4 is 4.72 Å². The zero-order valence-corrected chi connectivity index (χ0v) is 11.4. The maximum atomic E-state index is 12.0. The summed E-state index contributed by atoms with van der Waals surface area (Å²) in [5, 5.41) is 9.79. The summed E-state index contributed by atoms with van der Waals surface area (Å²) in [6.07, 6.45) is 0. The normalized spacial score (nSPS) is 11.4. The molecule has 100 valence electrons. The van der Waals surface area contributed by atoms with E-state index in [4.69, 9.17) is 11.6 Å². The number of halogens is 1. The van der Waals surface area contributed by atoms with Crippen molar-refractivity contribution in [2.24, 2.45) is 0 Å². The van der Waals surface area contributed by atoms with Crippen molar-refractivity contribution in [2.45, 2.75) is 11.4 Å². The molecule has 2 N–H and O–H groups in total. The van der Waals surface area contributed by atoms with E-state index in [2.05, 4.69) is 4.72 Å². The number of phenols is 1. The SMILES string of the molecule is O=S(=O)(NCc1ccccc1Cl)c1cccc(O)c1. The van der Waals surface area contributed by atoms with Crippen LogP contribution in [0.25, 0.3) is 0 Å². The molecule has 0 saturated carbocycles. The van der Waals surface area contributed by atoms with Crippen LogP contribution in [0.5, 0.6) is 5.75 Å². The summed E-state index contributed by atoms with van der Waals surface area (Å²) in [7, 11) is -3.67. The number of phenolic OH excluding ortho intramolecular Hbond substituents is 1. The van der Waals surface area contributed by atoms with Crippen LogP contribution in [-0.2, 0) is 16.6 Å². The molecule has 0 aromatic heterocycles. The van der Waals surface area contributed by atoms with Crippen molar-refractivity contribution < 1.29 is 13.5 Å². The first-order valence-electron chi connectivity index (χ1n) is 5.51. The van der Waals surface area contributed by atoms with Gasteiger partial charge in [0.15, 0.2) is 0 Å². The minimum absolute atomic E-state index is 0.0135. The molecule has 0 aliphatic rings. The van der Waals surface area contributed by atoms with Crippen molar-refractivity contribution in [1.29, 1.82) is 0 Å². The Balaban J connectivity index is 2.17. The highest BCUT2D eigenvalue weighted by molar-refractivity contribution is 7.89. The summed E-state index contributed by atoms with van der Waals surface area (Å²) in [5.74, 6) is -0.0966. The molecular weight excluding hydrogens is 286 g/mol. The minimum Gasteiger partial charge on any atom is -0.508 e. The highest BCUT2D eigenvalue weighted by atomic mass is 35.5. The van der Waals surface area contributed by atoms with Gasteiger partial charge in [-0.15, -0.1) is 0 Å². The molecule has 0 radical (unpaired) electrons. The van der Waals surface area contributed by atoms with Gasteiger partial charge in [0.05, 0.1) is 4.90 Å². The van der Waals surface area contributed by atoms with Gasteiger partial charge in [-0.25, -0.2) is 13.1 Å². The number of hydrogen-bond acceptors (Lipinski definition) is 3. The lowest BCUT2D eigenvalue weighted by Crippen LogP contribution is -2.23. The van der Waals surface area contributed by atoms with E-state index < -0.39 is 10.0 Å². The Bertz CT molecular complexity index is 686. The van der Waals surface area contributed by atoms with Crippen LogP contribution in [0.2, 0.25) is 5.02 Å². The molecule has 0 unspecified atom stereocenters. The fourth-order valence-electron chi connectivity index (χ4n) is 1.55. The van der Waals surface area contributed by atoms with E-state index >= 15 is 0 Å². The Hall–Kier alpha value is -1.56. The molecule has 0 heterocycles. The zero-order chi connectivity index (χ0) is 13.9. The van der Waals surface area contributed by atoms with Crippen LogP contribution >= 0.6 is 11.6 Å².